The fourth-order valence-corrected chi connectivity index (χ4v) is 4.70. The van der Waals surface area contributed by atoms with Crippen LogP contribution in [0.1, 0.15) is 71.4 Å². The molecule has 35 heavy (non-hydrogen) atoms. The number of likely N-dealkylation sites (tertiary alicyclic amines) is 1. The number of rotatable bonds is 5. The molecule has 0 bridgehead atoms. The summed E-state index contributed by atoms with van der Waals surface area (Å²) in [6.07, 6.45) is 1.08. The van der Waals surface area contributed by atoms with Gasteiger partial charge >= 0.3 is 6.09 Å². The number of ether oxygens (including phenoxy) is 3. The highest BCUT2D eigenvalue weighted by molar-refractivity contribution is 6.22. The van der Waals surface area contributed by atoms with Crippen LogP contribution in [0.2, 0.25) is 0 Å². The Bertz CT molecular complexity index is 1140. The predicted octanol–water partition coefficient (Wildman–Crippen LogP) is 4.61. The van der Waals surface area contributed by atoms with Crippen molar-refractivity contribution in [1.82, 2.24) is 9.80 Å². The molecular formula is C27H32N2O6. The summed E-state index contributed by atoms with van der Waals surface area (Å²) in [7, 11) is 3.10. The number of benzene rings is 2. The zero-order valence-electron chi connectivity index (χ0n) is 20.9. The Morgan fingerprint density at radius 3 is 2.29 bits per heavy atom. The number of amides is 3. The second-order valence-electron chi connectivity index (χ2n) is 9.90. The third-order valence-corrected chi connectivity index (χ3v) is 6.41. The molecule has 0 saturated carbocycles. The molecule has 0 spiro atoms. The largest absolute Gasteiger partial charge is 0.493 e. The molecule has 0 radical (unpaired) electrons. The number of carbonyl (C=O) groups excluding carboxylic acids is 3. The van der Waals surface area contributed by atoms with Gasteiger partial charge in [-0.15, -0.1) is 0 Å². The number of hydrogen-bond acceptors (Lipinski definition) is 6. The normalized spacial score (nSPS) is 16.4. The SMILES string of the molecule is COc1ccc(CN2C(=O)c3cccc(C4CCN(C(=O)OC(C)(C)C)CC4)c3C2=O)cc1OC. The molecule has 186 valence electrons. The molecule has 4 rings (SSSR count). The number of nitrogens with zero attached hydrogens (tertiary/aromatic N) is 2. The lowest BCUT2D eigenvalue weighted by atomic mass is 9.85. The minimum Gasteiger partial charge on any atom is -0.493 e. The van der Waals surface area contributed by atoms with Crippen molar-refractivity contribution in [2.45, 2.75) is 51.7 Å². The molecule has 2 aromatic rings. The van der Waals surface area contributed by atoms with Crippen molar-refractivity contribution in [1.29, 1.82) is 0 Å². The Morgan fingerprint density at radius 1 is 0.971 bits per heavy atom. The van der Waals surface area contributed by atoms with E-state index in [1.54, 1.807) is 37.3 Å². The highest BCUT2D eigenvalue weighted by Gasteiger charge is 2.39. The molecule has 8 heteroatoms. The number of hydrogen-bond donors (Lipinski definition) is 0. The first-order valence-electron chi connectivity index (χ1n) is 11.8. The maximum atomic E-state index is 13.4. The van der Waals surface area contributed by atoms with Gasteiger partial charge in [0, 0.05) is 13.1 Å². The first-order chi connectivity index (χ1) is 16.6. The Labute approximate surface area is 205 Å². The number of piperidine rings is 1. The van der Waals surface area contributed by atoms with Gasteiger partial charge in [-0.1, -0.05) is 18.2 Å². The van der Waals surface area contributed by atoms with Gasteiger partial charge < -0.3 is 19.1 Å². The summed E-state index contributed by atoms with van der Waals surface area (Å²) in [5, 5.41) is 0. The van der Waals surface area contributed by atoms with Crippen LogP contribution in [0.5, 0.6) is 11.5 Å². The fraction of sp³-hybridized carbons (Fsp3) is 0.444. The van der Waals surface area contributed by atoms with Gasteiger partial charge in [0.2, 0.25) is 0 Å². The van der Waals surface area contributed by atoms with Crippen molar-refractivity contribution in [2.24, 2.45) is 0 Å². The van der Waals surface area contributed by atoms with Gasteiger partial charge in [-0.25, -0.2) is 4.79 Å². The summed E-state index contributed by atoms with van der Waals surface area (Å²) >= 11 is 0. The quantitative estimate of drug-likeness (QED) is 0.581. The zero-order chi connectivity index (χ0) is 25.3. The Hall–Kier alpha value is -3.55. The maximum absolute atomic E-state index is 13.4. The molecule has 1 fully saturated rings. The molecule has 3 amide bonds. The molecule has 2 aromatic carbocycles. The van der Waals surface area contributed by atoms with Crippen LogP contribution in [-0.2, 0) is 11.3 Å². The summed E-state index contributed by atoms with van der Waals surface area (Å²) in [6.45, 7) is 6.77. The van der Waals surface area contributed by atoms with Crippen LogP contribution in [0.25, 0.3) is 0 Å². The lowest BCUT2D eigenvalue weighted by Crippen LogP contribution is -2.41. The molecule has 0 unspecified atom stereocenters. The van der Waals surface area contributed by atoms with Crippen molar-refractivity contribution >= 4 is 17.9 Å². The summed E-state index contributed by atoms with van der Waals surface area (Å²) in [4.78, 5) is 42.0. The molecule has 0 aromatic heterocycles. The fourth-order valence-electron chi connectivity index (χ4n) is 4.70. The highest BCUT2D eigenvalue weighted by Crippen LogP contribution is 2.37. The average molecular weight is 481 g/mol. The van der Waals surface area contributed by atoms with Crippen LogP contribution in [-0.4, -0.2) is 60.6 Å². The molecule has 8 nitrogen and oxygen atoms in total. The van der Waals surface area contributed by atoms with Gasteiger partial charge in [-0.2, -0.15) is 0 Å². The smallest absolute Gasteiger partial charge is 0.410 e. The molecular weight excluding hydrogens is 448 g/mol. The van der Waals surface area contributed by atoms with E-state index >= 15 is 0 Å². The molecule has 2 aliphatic rings. The Morgan fingerprint density at radius 2 is 1.66 bits per heavy atom. The predicted molar refractivity (Wildman–Crippen MR) is 130 cm³/mol. The minimum absolute atomic E-state index is 0.0846. The number of carbonyl (C=O) groups is 3. The number of imide groups is 1. The van der Waals surface area contributed by atoms with E-state index in [1.807, 2.05) is 39.0 Å². The highest BCUT2D eigenvalue weighted by atomic mass is 16.6. The van der Waals surface area contributed by atoms with Crippen molar-refractivity contribution in [3.8, 4) is 11.5 Å². The van der Waals surface area contributed by atoms with E-state index in [1.165, 1.54) is 4.90 Å². The second kappa shape index (κ2) is 9.60. The van der Waals surface area contributed by atoms with Gasteiger partial charge in [-0.3, -0.25) is 14.5 Å². The van der Waals surface area contributed by atoms with Crippen LogP contribution >= 0.6 is 0 Å². The average Bonchev–Trinajstić information content (AvgIpc) is 3.08. The van der Waals surface area contributed by atoms with E-state index < -0.39 is 5.60 Å². The summed E-state index contributed by atoms with van der Waals surface area (Å²) in [5.41, 5.74) is 2.01. The van der Waals surface area contributed by atoms with Gasteiger partial charge in [0.05, 0.1) is 31.9 Å². The molecule has 2 heterocycles. The van der Waals surface area contributed by atoms with Crippen molar-refractivity contribution < 1.29 is 28.6 Å². The van der Waals surface area contributed by atoms with E-state index in [0.717, 1.165) is 11.1 Å². The molecule has 0 N–H and O–H groups in total. The molecule has 1 saturated heterocycles. The van der Waals surface area contributed by atoms with E-state index in [2.05, 4.69) is 0 Å². The molecule has 0 atom stereocenters. The topological polar surface area (TPSA) is 85.4 Å². The van der Waals surface area contributed by atoms with Crippen LogP contribution in [0.3, 0.4) is 0 Å². The number of fused-ring (bicyclic) bond motifs is 1. The minimum atomic E-state index is -0.543. The van der Waals surface area contributed by atoms with Gasteiger partial charge in [0.15, 0.2) is 11.5 Å². The van der Waals surface area contributed by atoms with Crippen LogP contribution in [0.15, 0.2) is 36.4 Å². The maximum Gasteiger partial charge on any atom is 0.410 e. The molecule has 0 aliphatic carbocycles. The second-order valence-corrected chi connectivity index (χ2v) is 9.90. The van der Waals surface area contributed by atoms with Crippen molar-refractivity contribution in [3.05, 3.63) is 58.7 Å². The van der Waals surface area contributed by atoms with Crippen LogP contribution in [0.4, 0.5) is 4.79 Å². The van der Waals surface area contributed by atoms with Crippen LogP contribution in [0, 0.1) is 0 Å². The third kappa shape index (κ3) is 4.97. The standard InChI is InChI=1S/C27H32N2O6/c1-27(2,3)35-26(32)28-13-11-18(12-14-28)19-7-6-8-20-23(19)25(31)29(24(20)30)16-17-9-10-21(33-4)22(15-17)34-5/h6-10,15,18H,11-14,16H2,1-5H3. The zero-order valence-corrected chi connectivity index (χ0v) is 20.9. The van der Waals surface area contributed by atoms with E-state index in [-0.39, 0.29) is 30.4 Å². The van der Waals surface area contributed by atoms with Crippen LogP contribution < -0.4 is 9.47 Å². The van der Waals surface area contributed by atoms with Gasteiger partial charge in [-0.05, 0) is 68.9 Å². The number of methoxy groups -OCH3 is 2. The summed E-state index contributed by atoms with van der Waals surface area (Å²) < 4.78 is 16.1. The van der Waals surface area contributed by atoms with E-state index in [4.69, 9.17) is 14.2 Å². The molecule has 2 aliphatic heterocycles. The first kappa shape index (κ1) is 24.6. The van der Waals surface area contributed by atoms with Crippen molar-refractivity contribution in [3.63, 3.8) is 0 Å². The lowest BCUT2D eigenvalue weighted by molar-refractivity contribution is 0.0204. The van der Waals surface area contributed by atoms with E-state index in [9.17, 15) is 14.4 Å². The first-order valence-corrected chi connectivity index (χ1v) is 11.8. The van der Waals surface area contributed by atoms with Gasteiger partial charge in [0.1, 0.15) is 5.60 Å². The summed E-state index contributed by atoms with van der Waals surface area (Å²) in [6, 6.07) is 10.8. The summed E-state index contributed by atoms with van der Waals surface area (Å²) in [5.74, 6) is 0.622. The van der Waals surface area contributed by atoms with E-state index in [0.29, 0.717) is 48.6 Å². The Balaban J connectivity index is 1.51. The third-order valence-electron chi connectivity index (χ3n) is 6.41. The van der Waals surface area contributed by atoms with Gasteiger partial charge in [0.25, 0.3) is 11.8 Å². The monoisotopic (exact) mass is 480 g/mol. The lowest BCUT2D eigenvalue weighted by Gasteiger charge is -2.34. The Kier molecular flexibility index (Phi) is 6.74. The van der Waals surface area contributed by atoms with Crippen molar-refractivity contribution in [2.75, 3.05) is 27.3 Å².